The van der Waals surface area contributed by atoms with Gasteiger partial charge >= 0.3 is 0 Å². The first-order chi connectivity index (χ1) is 11.5. The van der Waals surface area contributed by atoms with Crippen LogP contribution in [0.25, 0.3) is 0 Å². The predicted molar refractivity (Wildman–Crippen MR) is 93.8 cm³/mol. The lowest BCUT2D eigenvalue weighted by molar-refractivity contribution is 0.102. The molecular weight excluding hydrogens is 348 g/mol. The van der Waals surface area contributed by atoms with Crippen LogP contribution in [-0.4, -0.2) is 20.7 Å². The SMILES string of the molecule is Cn1nc(C(=O)Nc2ncc(Cc3ccc(Cl)cc3)s2)ccc1=O. The van der Waals surface area contributed by atoms with Gasteiger partial charge in [0.1, 0.15) is 5.69 Å². The van der Waals surface area contributed by atoms with Crippen LogP contribution in [-0.2, 0) is 13.5 Å². The molecule has 24 heavy (non-hydrogen) atoms. The molecule has 0 aliphatic heterocycles. The quantitative estimate of drug-likeness (QED) is 0.776. The van der Waals surface area contributed by atoms with Crippen LogP contribution >= 0.6 is 22.9 Å². The number of hydrogen-bond donors (Lipinski definition) is 1. The molecule has 0 saturated heterocycles. The van der Waals surface area contributed by atoms with Crippen LogP contribution < -0.4 is 10.9 Å². The number of hydrogen-bond acceptors (Lipinski definition) is 5. The molecule has 0 saturated carbocycles. The Balaban J connectivity index is 1.69. The Bertz CT molecular complexity index is 934. The van der Waals surface area contributed by atoms with E-state index in [1.54, 1.807) is 6.20 Å². The fourth-order valence-electron chi connectivity index (χ4n) is 2.04. The largest absolute Gasteiger partial charge is 0.296 e. The number of amides is 1. The van der Waals surface area contributed by atoms with E-state index in [0.29, 0.717) is 16.6 Å². The number of aryl methyl sites for hydroxylation is 1. The van der Waals surface area contributed by atoms with E-state index in [0.717, 1.165) is 15.1 Å². The number of aromatic nitrogens is 3. The van der Waals surface area contributed by atoms with Crippen molar-refractivity contribution in [3.05, 3.63) is 74.1 Å². The maximum atomic E-state index is 12.1. The van der Waals surface area contributed by atoms with E-state index in [9.17, 15) is 9.59 Å². The van der Waals surface area contributed by atoms with Gasteiger partial charge < -0.3 is 0 Å². The van der Waals surface area contributed by atoms with Crippen LogP contribution in [0.15, 0.2) is 47.4 Å². The third kappa shape index (κ3) is 3.87. The zero-order valence-electron chi connectivity index (χ0n) is 12.7. The molecule has 0 aliphatic rings. The van der Waals surface area contributed by atoms with Gasteiger partial charge in [-0.3, -0.25) is 14.9 Å². The maximum Gasteiger partial charge on any atom is 0.277 e. The summed E-state index contributed by atoms with van der Waals surface area (Å²) in [7, 11) is 1.49. The van der Waals surface area contributed by atoms with E-state index in [-0.39, 0.29) is 11.3 Å². The molecule has 0 unspecified atom stereocenters. The number of anilines is 1. The fourth-order valence-corrected chi connectivity index (χ4v) is 3.00. The highest BCUT2D eigenvalue weighted by Crippen LogP contribution is 2.22. The number of carbonyl (C=O) groups excluding carboxylic acids is 1. The van der Waals surface area contributed by atoms with Crippen molar-refractivity contribution < 1.29 is 4.79 Å². The highest BCUT2D eigenvalue weighted by atomic mass is 35.5. The van der Waals surface area contributed by atoms with E-state index < -0.39 is 5.91 Å². The maximum absolute atomic E-state index is 12.1. The number of carbonyl (C=O) groups is 1. The first-order valence-electron chi connectivity index (χ1n) is 7.06. The van der Waals surface area contributed by atoms with Crippen LogP contribution in [0, 0.1) is 0 Å². The topological polar surface area (TPSA) is 76.9 Å². The number of halogens is 1. The van der Waals surface area contributed by atoms with Gasteiger partial charge in [0.15, 0.2) is 5.13 Å². The van der Waals surface area contributed by atoms with Crippen molar-refractivity contribution in [2.24, 2.45) is 7.05 Å². The summed E-state index contributed by atoms with van der Waals surface area (Å²) in [5.41, 5.74) is 0.998. The number of nitrogens with zero attached hydrogens (tertiary/aromatic N) is 3. The van der Waals surface area contributed by atoms with Gasteiger partial charge in [-0.25, -0.2) is 9.67 Å². The minimum atomic E-state index is -0.405. The molecule has 3 rings (SSSR count). The summed E-state index contributed by atoms with van der Waals surface area (Å²) >= 11 is 7.26. The summed E-state index contributed by atoms with van der Waals surface area (Å²) in [4.78, 5) is 28.7. The van der Waals surface area contributed by atoms with Gasteiger partial charge in [0.25, 0.3) is 11.5 Å². The van der Waals surface area contributed by atoms with Crippen molar-refractivity contribution in [1.82, 2.24) is 14.8 Å². The highest BCUT2D eigenvalue weighted by molar-refractivity contribution is 7.15. The lowest BCUT2D eigenvalue weighted by Gasteiger charge is -2.02. The number of thiazole rings is 1. The summed E-state index contributed by atoms with van der Waals surface area (Å²) in [6, 6.07) is 10.3. The lowest BCUT2D eigenvalue weighted by atomic mass is 10.1. The lowest BCUT2D eigenvalue weighted by Crippen LogP contribution is -2.23. The minimum absolute atomic E-state index is 0.159. The first kappa shape index (κ1) is 16.4. The molecule has 1 amide bonds. The molecule has 122 valence electrons. The minimum Gasteiger partial charge on any atom is -0.296 e. The summed E-state index contributed by atoms with van der Waals surface area (Å²) in [6.07, 6.45) is 2.44. The van der Waals surface area contributed by atoms with E-state index in [1.807, 2.05) is 24.3 Å². The van der Waals surface area contributed by atoms with Gasteiger partial charge in [0.05, 0.1) is 0 Å². The van der Waals surface area contributed by atoms with Gasteiger partial charge in [-0.15, -0.1) is 11.3 Å². The molecule has 3 aromatic rings. The van der Waals surface area contributed by atoms with Gasteiger partial charge in [-0.2, -0.15) is 5.10 Å². The molecule has 0 fully saturated rings. The van der Waals surface area contributed by atoms with Crippen molar-refractivity contribution in [3.63, 3.8) is 0 Å². The second-order valence-electron chi connectivity index (χ2n) is 5.07. The molecule has 1 aromatic carbocycles. The molecule has 2 heterocycles. The van der Waals surface area contributed by atoms with E-state index >= 15 is 0 Å². The first-order valence-corrected chi connectivity index (χ1v) is 8.25. The number of rotatable bonds is 4. The molecule has 0 spiro atoms. The highest BCUT2D eigenvalue weighted by Gasteiger charge is 2.11. The predicted octanol–water partition coefficient (Wildman–Crippen LogP) is 2.73. The molecule has 8 heteroatoms. The molecule has 2 aromatic heterocycles. The third-order valence-electron chi connectivity index (χ3n) is 3.26. The van der Waals surface area contributed by atoms with Crippen LogP contribution in [0.1, 0.15) is 20.9 Å². The average Bonchev–Trinajstić information content (AvgIpc) is 2.99. The Kier molecular flexibility index (Phi) is 4.73. The Morgan fingerprint density at radius 3 is 2.71 bits per heavy atom. The second kappa shape index (κ2) is 6.94. The molecule has 0 bridgehead atoms. The van der Waals surface area contributed by atoms with Crippen LogP contribution in [0.5, 0.6) is 0 Å². The van der Waals surface area contributed by atoms with E-state index in [2.05, 4.69) is 15.4 Å². The Morgan fingerprint density at radius 1 is 1.25 bits per heavy atom. The van der Waals surface area contributed by atoms with Crippen molar-refractivity contribution in [2.45, 2.75) is 6.42 Å². The van der Waals surface area contributed by atoms with Crippen LogP contribution in [0.3, 0.4) is 0 Å². The Hall–Kier alpha value is -2.51. The summed E-state index contributed by atoms with van der Waals surface area (Å²) in [6.45, 7) is 0. The van der Waals surface area contributed by atoms with Gasteiger partial charge in [-0.1, -0.05) is 23.7 Å². The summed E-state index contributed by atoms with van der Waals surface area (Å²) in [5, 5.41) is 7.78. The molecule has 0 radical (unpaired) electrons. The summed E-state index contributed by atoms with van der Waals surface area (Å²) in [5.74, 6) is -0.405. The zero-order chi connectivity index (χ0) is 17.1. The average molecular weight is 361 g/mol. The van der Waals surface area contributed by atoms with Crippen molar-refractivity contribution in [1.29, 1.82) is 0 Å². The summed E-state index contributed by atoms with van der Waals surface area (Å²) < 4.78 is 1.11. The van der Waals surface area contributed by atoms with Gasteiger partial charge in [0.2, 0.25) is 0 Å². The molecule has 1 N–H and O–H groups in total. The number of benzene rings is 1. The smallest absolute Gasteiger partial charge is 0.277 e. The van der Waals surface area contributed by atoms with Crippen molar-refractivity contribution in [2.75, 3.05) is 5.32 Å². The monoisotopic (exact) mass is 360 g/mol. The Morgan fingerprint density at radius 2 is 2.00 bits per heavy atom. The molecule has 0 aliphatic carbocycles. The fraction of sp³-hybridized carbons (Fsp3) is 0.125. The zero-order valence-corrected chi connectivity index (χ0v) is 14.3. The van der Waals surface area contributed by atoms with Gasteiger partial charge in [0, 0.05) is 35.6 Å². The third-order valence-corrected chi connectivity index (χ3v) is 4.42. The molecular formula is C16H13ClN4O2S. The van der Waals surface area contributed by atoms with E-state index in [4.69, 9.17) is 11.6 Å². The number of nitrogens with one attached hydrogen (secondary N) is 1. The molecule has 6 nitrogen and oxygen atoms in total. The molecule has 0 atom stereocenters. The van der Waals surface area contributed by atoms with Gasteiger partial charge in [-0.05, 0) is 23.8 Å². The van der Waals surface area contributed by atoms with Crippen molar-refractivity contribution >= 4 is 34.0 Å². The Labute approximate surface area is 146 Å². The standard InChI is InChI=1S/C16H13ClN4O2S/c1-21-14(22)7-6-13(20-21)15(23)19-16-18-9-12(24-16)8-10-2-4-11(17)5-3-10/h2-7,9H,8H2,1H3,(H,18,19,23). The normalized spacial score (nSPS) is 10.6. The van der Waals surface area contributed by atoms with Crippen molar-refractivity contribution in [3.8, 4) is 0 Å². The van der Waals surface area contributed by atoms with Crippen LogP contribution in [0.2, 0.25) is 5.02 Å². The van der Waals surface area contributed by atoms with E-state index in [1.165, 1.54) is 30.5 Å². The second-order valence-corrected chi connectivity index (χ2v) is 6.62. The van der Waals surface area contributed by atoms with Crippen LogP contribution in [0.4, 0.5) is 5.13 Å².